The Kier molecular flexibility index (Phi) is 4.24. The zero-order valence-electron chi connectivity index (χ0n) is 12.2. The van der Waals surface area contributed by atoms with Crippen LogP contribution in [0.15, 0.2) is 41.4 Å². The van der Waals surface area contributed by atoms with E-state index in [0.29, 0.717) is 5.75 Å². The first-order valence-electron chi connectivity index (χ1n) is 6.86. The summed E-state index contributed by atoms with van der Waals surface area (Å²) in [7, 11) is 1.26. The minimum atomic E-state index is -0.662. The number of hydrogen-bond acceptors (Lipinski definition) is 6. The van der Waals surface area contributed by atoms with Crippen LogP contribution in [0.1, 0.15) is 0 Å². The second-order valence-corrected chi connectivity index (χ2v) is 5.87. The van der Waals surface area contributed by atoms with E-state index in [1.54, 1.807) is 29.7 Å². The zero-order chi connectivity index (χ0) is 16.4. The van der Waals surface area contributed by atoms with Crippen molar-refractivity contribution in [2.24, 2.45) is 0 Å². The van der Waals surface area contributed by atoms with Crippen LogP contribution in [-0.2, 0) is 19.1 Å². The van der Waals surface area contributed by atoms with Crippen LogP contribution < -0.4 is 10.1 Å². The molecule has 3 rings (SSSR count). The Morgan fingerprint density at radius 3 is 2.74 bits per heavy atom. The summed E-state index contributed by atoms with van der Waals surface area (Å²) in [5.41, 5.74) is 0.207. The van der Waals surface area contributed by atoms with Gasteiger partial charge in [-0.15, -0.1) is 11.8 Å². The molecule has 2 heterocycles. The third-order valence-electron chi connectivity index (χ3n) is 3.45. The number of methoxy groups -OCH3 is 1. The second kappa shape index (κ2) is 6.33. The van der Waals surface area contributed by atoms with Gasteiger partial charge >= 0.3 is 5.97 Å². The summed E-state index contributed by atoms with van der Waals surface area (Å²) >= 11 is 1.30. The number of amides is 2. The van der Waals surface area contributed by atoms with Crippen LogP contribution in [0, 0.1) is 0 Å². The zero-order valence-corrected chi connectivity index (χ0v) is 13.0. The molecule has 1 saturated heterocycles. The van der Waals surface area contributed by atoms with Gasteiger partial charge in [0, 0.05) is 5.41 Å². The average Bonchev–Trinajstić information content (AvgIpc) is 2.98. The molecule has 0 aliphatic carbocycles. The van der Waals surface area contributed by atoms with Gasteiger partial charge in [0.15, 0.2) is 6.61 Å². The molecule has 1 aromatic rings. The summed E-state index contributed by atoms with van der Waals surface area (Å²) in [4.78, 5) is 36.9. The predicted molar refractivity (Wildman–Crippen MR) is 82.2 cm³/mol. The molecule has 8 heteroatoms. The molecule has 0 bridgehead atoms. The van der Waals surface area contributed by atoms with Crippen molar-refractivity contribution in [2.45, 2.75) is 11.4 Å². The van der Waals surface area contributed by atoms with Crippen molar-refractivity contribution in [1.29, 1.82) is 0 Å². The fourth-order valence-electron chi connectivity index (χ4n) is 2.32. The monoisotopic (exact) mass is 334 g/mol. The molecule has 1 N–H and O–H groups in total. The maximum absolute atomic E-state index is 12.1. The normalized spacial score (nSPS) is 21.9. The van der Waals surface area contributed by atoms with Crippen molar-refractivity contribution >= 4 is 29.5 Å². The highest BCUT2D eigenvalue weighted by Crippen LogP contribution is 2.41. The molecule has 2 amide bonds. The lowest BCUT2D eigenvalue weighted by Crippen LogP contribution is -2.68. The van der Waals surface area contributed by atoms with E-state index in [-0.39, 0.29) is 29.5 Å². The Morgan fingerprint density at radius 2 is 2.04 bits per heavy atom. The predicted octanol–water partition coefficient (Wildman–Crippen LogP) is 0.480. The van der Waals surface area contributed by atoms with Crippen molar-refractivity contribution in [3.8, 4) is 5.75 Å². The minimum Gasteiger partial charge on any atom is -0.484 e. The third kappa shape index (κ3) is 2.89. The molecular weight excluding hydrogens is 320 g/mol. The number of esters is 1. The van der Waals surface area contributed by atoms with Gasteiger partial charge in [-0.25, -0.2) is 4.79 Å². The van der Waals surface area contributed by atoms with Crippen LogP contribution in [-0.4, -0.2) is 47.8 Å². The number of nitrogens with zero attached hydrogens (tertiary/aromatic N) is 1. The summed E-state index contributed by atoms with van der Waals surface area (Å²) in [6, 6.07) is 8.26. The molecule has 0 saturated carbocycles. The van der Waals surface area contributed by atoms with Crippen LogP contribution in [0.3, 0.4) is 0 Å². The molecule has 0 aromatic heterocycles. The van der Waals surface area contributed by atoms with Crippen LogP contribution in [0.2, 0.25) is 0 Å². The first kappa shape index (κ1) is 15.4. The molecule has 0 radical (unpaired) electrons. The lowest BCUT2D eigenvalue weighted by atomic mass is 10.1. The lowest BCUT2D eigenvalue weighted by molar-refractivity contribution is -0.151. The number of benzene rings is 1. The molecular formula is C15H14N2O5S. The highest BCUT2D eigenvalue weighted by Gasteiger charge is 2.54. The molecule has 7 nitrogen and oxygen atoms in total. The highest BCUT2D eigenvalue weighted by molar-refractivity contribution is 8.03. The van der Waals surface area contributed by atoms with Crippen molar-refractivity contribution in [2.75, 3.05) is 13.7 Å². The first-order valence-corrected chi connectivity index (χ1v) is 7.80. The topological polar surface area (TPSA) is 84.9 Å². The van der Waals surface area contributed by atoms with Gasteiger partial charge < -0.3 is 14.8 Å². The Morgan fingerprint density at radius 1 is 1.30 bits per heavy atom. The molecule has 1 fully saturated rings. The maximum atomic E-state index is 12.1. The quantitative estimate of drug-likeness (QED) is 0.623. The fraction of sp³-hybridized carbons (Fsp3) is 0.267. The molecule has 2 atom stereocenters. The van der Waals surface area contributed by atoms with Gasteiger partial charge in [0.2, 0.25) is 0 Å². The van der Waals surface area contributed by atoms with E-state index < -0.39 is 12.0 Å². The van der Waals surface area contributed by atoms with Crippen LogP contribution in [0.25, 0.3) is 0 Å². The fourth-order valence-corrected chi connectivity index (χ4v) is 3.47. The number of nitrogens with one attached hydrogen (secondary N) is 1. The summed E-state index contributed by atoms with van der Waals surface area (Å²) < 4.78 is 9.95. The molecule has 120 valence electrons. The van der Waals surface area contributed by atoms with Gasteiger partial charge in [-0.05, 0) is 12.1 Å². The summed E-state index contributed by atoms with van der Waals surface area (Å²) in [6.45, 7) is -0.178. The third-order valence-corrected chi connectivity index (χ3v) is 4.57. The van der Waals surface area contributed by atoms with Crippen LogP contribution in [0.4, 0.5) is 0 Å². The van der Waals surface area contributed by atoms with Gasteiger partial charge in [0.1, 0.15) is 22.9 Å². The maximum Gasteiger partial charge on any atom is 0.355 e. The number of β-lactam (4-membered cyclic amide) rings is 1. The van der Waals surface area contributed by atoms with Gasteiger partial charge in [-0.3, -0.25) is 14.5 Å². The average molecular weight is 334 g/mol. The van der Waals surface area contributed by atoms with E-state index in [9.17, 15) is 14.4 Å². The molecule has 1 aromatic carbocycles. The highest BCUT2D eigenvalue weighted by atomic mass is 32.2. The van der Waals surface area contributed by atoms with E-state index in [1.807, 2.05) is 6.07 Å². The number of hydrogen-bond donors (Lipinski definition) is 1. The number of para-hydroxylation sites is 1. The van der Waals surface area contributed by atoms with Gasteiger partial charge in [0.25, 0.3) is 11.8 Å². The van der Waals surface area contributed by atoms with E-state index >= 15 is 0 Å². The molecule has 2 aliphatic heterocycles. The first-order chi connectivity index (χ1) is 11.1. The Bertz CT molecular complexity index is 676. The minimum absolute atomic E-state index is 0.178. The van der Waals surface area contributed by atoms with Crippen LogP contribution >= 0.6 is 11.8 Å². The van der Waals surface area contributed by atoms with Gasteiger partial charge in [-0.1, -0.05) is 18.2 Å². The molecule has 23 heavy (non-hydrogen) atoms. The molecule has 2 aliphatic rings. The summed E-state index contributed by atoms with van der Waals surface area (Å²) in [5, 5.41) is 3.89. The second-order valence-electron chi connectivity index (χ2n) is 4.88. The Balaban J connectivity index is 1.52. The number of ether oxygens (including phenoxy) is 2. The number of carbonyl (C=O) groups is 3. The lowest BCUT2D eigenvalue weighted by Gasteiger charge is -2.42. The summed E-state index contributed by atoms with van der Waals surface area (Å²) in [5.74, 6) is -0.705. The Hall–Kier alpha value is -2.48. The van der Waals surface area contributed by atoms with E-state index in [2.05, 4.69) is 10.1 Å². The Labute approximate surface area is 136 Å². The molecule has 0 unspecified atom stereocenters. The number of carbonyl (C=O) groups excluding carboxylic acids is 3. The van der Waals surface area contributed by atoms with Gasteiger partial charge in [-0.2, -0.15) is 0 Å². The van der Waals surface area contributed by atoms with Crippen molar-refractivity contribution < 1.29 is 23.9 Å². The van der Waals surface area contributed by atoms with Crippen LogP contribution in [0.5, 0.6) is 5.75 Å². The smallest absolute Gasteiger partial charge is 0.355 e. The standard InChI is InChI=1S/C15H14N2O5S/c1-21-15(20)10-8-23-14-12(13(19)17(10)14)16-11(18)7-22-9-5-3-2-4-6-9/h2-6,8,12,14H,7H2,1H3,(H,16,18)/t12-,14+/m1/s1. The number of fused-ring (bicyclic) bond motifs is 1. The van der Waals surface area contributed by atoms with Crippen molar-refractivity contribution in [1.82, 2.24) is 10.2 Å². The van der Waals surface area contributed by atoms with E-state index in [4.69, 9.17) is 4.74 Å². The van der Waals surface area contributed by atoms with E-state index in [1.165, 1.54) is 23.8 Å². The number of rotatable bonds is 5. The van der Waals surface area contributed by atoms with Crippen molar-refractivity contribution in [3.63, 3.8) is 0 Å². The van der Waals surface area contributed by atoms with Gasteiger partial charge in [0.05, 0.1) is 7.11 Å². The largest absolute Gasteiger partial charge is 0.484 e. The van der Waals surface area contributed by atoms with E-state index in [0.717, 1.165) is 0 Å². The van der Waals surface area contributed by atoms with Crippen molar-refractivity contribution in [3.05, 3.63) is 41.4 Å². The summed E-state index contributed by atoms with van der Waals surface area (Å²) in [6.07, 6.45) is 0. The molecule has 0 spiro atoms. The SMILES string of the molecule is COC(=O)C1=CS[C@H]2[C@H](NC(=O)COc3ccccc3)C(=O)N12. The number of thioether (sulfide) groups is 1.